The van der Waals surface area contributed by atoms with E-state index < -0.39 is 6.10 Å². The van der Waals surface area contributed by atoms with Crippen LogP contribution in [0.2, 0.25) is 0 Å². The van der Waals surface area contributed by atoms with Gasteiger partial charge in [0.25, 0.3) is 0 Å². The monoisotopic (exact) mass is 328 g/mol. The number of aliphatic hydroxyl groups is 1. The molecule has 0 saturated carbocycles. The van der Waals surface area contributed by atoms with E-state index >= 15 is 0 Å². The Kier molecular flexibility index (Phi) is 6.78. The highest BCUT2D eigenvalue weighted by atomic mass is 16.5. The molecule has 2 aromatic rings. The molecule has 0 unspecified atom stereocenters. The number of hydrogen-bond donors (Lipinski definition) is 2. The Balaban J connectivity index is 1.71. The highest BCUT2D eigenvalue weighted by molar-refractivity contribution is 5.89. The van der Waals surface area contributed by atoms with Gasteiger partial charge in [-0.2, -0.15) is 0 Å². The Morgan fingerprint density at radius 2 is 1.83 bits per heavy atom. The van der Waals surface area contributed by atoms with Crippen LogP contribution in [0.5, 0.6) is 0 Å². The molecule has 0 spiro atoms. The highest BCUT2D eigenvalue weighted by Crippen LogP contribution is 2.09. The van der Waals surface area contributed by atoms with Crippen LogP contribution in [0.3, 0.4) is 0 Å². The number of carbonyl (C=O) groups is 1. The first-order valence-electron chi connectivity index (χ1n) is 7.93. The van der Waals surface area contributed by atoms with Crippen molar-refractivity contribution in [1.82, 2.24) is 4.90 Å². The first-order chi connectivity index (χ1) is 11.5. The van der Waals surface area contributed by atoms with E-state index in [4.69, 9.17) is 4.74 Å². The molecule has 1 atom stereocenters. The maximum Gasteiger partial charge on any atom is 0.321 e. The van der Waals surface area contributed by atoms with Gasteiger partial charge in [-0.15, -0.1) is 0 Å². The van der Waals surface area contributed by atoms with Crippen molar-refractivity contribution in [2.45, 2.75) is 19.6 Å². The summed E-state index contributed by atoms with van der Waals surface area (Å²) in [6, 6.07) is 17.1. The van der Waals surface area contributed by atoms with Crippen LogP contribution in [0.25, 0.3) is 0 Å². The van der Waals surface area contributed by atoms with Gasteiger partial charge in [0.2, 0.25) is 0 Å². The summed E-state index contributed by atoms with van der Waals surface area (Å²) in [5.41, 5.74) is 2.91. The van der Waals surface area contributed by atoms with Crippen molar-refractivity contribution in [3.05, 3.63) is 65.7 Å². The van der Waals surface area contributed by atoms with E-state index in [0.717, 1.165) is 16.8 Å². The lowest BCUT2D eigenvalue weighted by Gasteiger charge is -2.21. The van der Waals surface area contributed by atoms with Crippen molar-refractivity contribution in [3.63, 3.8) is 0 Å². The van der Waals surface area contributed by atoms with Gasteiger partial charge >= 0.3 is 6.03 Å². The zero-order valence-electron chi connectivity index (χ0n) is 14.1. The fourth-order valence-corrected chi connectivity index (χ4v) is 2.19. The van der Waals surface area contributed by atoms with Gasteiger partial charge in [-0.05, 0) is 24.6 Å². The van der Waals surface area contributed by atoms with E-state index in [1.54, 1.807) is 7.05 Å². The Labute approximate surface area is 142 Å². The number of likely N-dealkylation sites (N-methyl/N-ethyl adjacent to an activating group) is 1. The minimum Gasteiger partial charge on any atom is -0.389 e. The van der Waals surface area contributed by atoms with Crippen molar-refractivity contribution in [2.75, 3.05) is 25.5 Å². The Morgan fingerprint density at radius 1 is 1.17 bits per heavy atom. The maximum atomic E-state index is 12.1. The van der Waals surface area contributed by atoms with E-state index in [1.807, 2.05) is 61.5 Å². The summed E-state index contributed by atoms with van der Waals surface area (Å²) in [5.74, 6) is 0. The molecule has 5 heteroatoms. The van der Waals surface area contributed by atoms with Crippen LogP contribution in [0.15, 0.2) is 54.6 Å². The molecule has 5 nitrogen and oxygen atoms in total. The Hall–Kier alpha value is -2.37. The van der Waals surface area contributed by atoms with Gasteiger partial charge in [-0.1, -0.05) is 48.0 Å². The van der Waals surface area contributed by atoms with Gasteiger partial charge in [-0.25, -0.2) is 4.79 Å². The lowest BCUT2D eigenvalue weighted by atomic mass is 10.2. The molecule has 24 heavy (non-hydrogen) atoms. The number of amides is 2. The molecule has 0 aliphatic carbocycles. The van der Waals surface area contributed by atoms with E-state index in [9.17, 15) is 9.90 Å². The van der Waals surface area contributed by atoms with Crippen molar-refractivity contribution < 1.29 is 14.6 Å². The molecule has 0 aromatic heterocycles. The van der Waals surface area contributed by atoms with Crippen LogP contribution >= 0.6 is 0 Å². The molecule has 2 amide bonds. The molecule has 0 bridgehead atoms. The van der Waals surface area contributed by atoms with Gasteiger partial charge in [0.05, 0.1) is 25.9 Å². The van der Waals surface area contributed by atoms with Gasteiger partial charge in [0, 0.05) is 12.7 Å². The first kappa shape index (κ1) is 18.0. The summed E-state index contributed by atoms with van der Waals surface area (Å²) >= 11 is 0. The average molecular weight is 328 g/mol. The summed E-state index contributed by atoms with van der Waals surface area (Å²) in [6.07, 6.45) is -0.734. The molecular weight excluding hydrogens is 304 g/mol. The third-order valence-corrected chi connectivity index (χ3v) is 3.56. The second-order valence-electron chi connectivity index (χ2n) is 5.83. The van der Waals surface area contributed by atoms with E-state index in [0.29, 0.717) is 6.61 Å². The van der Waals surface area contributed by atoms with Crippen LogP contribution in [0.4, 0.5) is 10.5 Å². The second kappa shape index (κ2) is 9.05. The number of rotatable bonds is 7. The lowest BCUT2D eigenvalue weighted by Crippen LogP contribution is -2.38. The summed E-state index contributed by atoms with van der Waals surface area (Å²) in [7, 11) is 1.64. The van der Waals surface area contributed by atoms with Crippen molar-refractivity contribution in [1.29, 1.82) is 0 Å². The van der Waals surface area contributed by atoms with Crippen molar-refractivity contribution in [3.8, 4) is 0 Å². The van der Waals surface area contributed by atoms with Gasteiger partial charge < -0.3 is 20.1 Å². The number of benzene rings is 2. The lowest BCUT2D eigenvalue weighted by molar-refractivity contribution is 0.0188. The second-order valence-corrected chi connectivity index (χ2v) is 5.83. The smallest absolute Gasteiger partial charge is 0.321 e. The number of urea groups is 1. The van der Waals surface area contributed by atoms with E-state index in [-0.39, 0.29) is 19.2 Å². The molecular formula is C19H24N2O3. The average Bonchev–Trinajstić information content (AvgIpc) is 2.58. The molecule has 0 heterocycles. The van der Waals surface area contributed by atoms with E-state index in [1.165, 1.54) is 4.90 Å². The van der Waals surface area contributed by atoms with Crippen LogP contribution in [-0.2, 0) is 11.3 Å². The molecule has 2 aromatic carbocycles. The first-order valence-corrected chi connectivity index (χ1v) is 7.93. The number of anilines is 1. The van der Waals surface area contributed by atoms with Crippen LogP contribution < -0.4 is 5.32 Å². The SMILES string of the molecule is Cc1ccc(NC(=O)N(C)C[C@@H](O)COCc2ccccc2)cc1. The molecule has 0 fully saturated rings. The summed E-state index contributed by atoms with van der Waals surface area (Å²) in [6.45, 7) is 2.81. The number of nitrogens with zero attached hydrogens (tertiary/aromatic N) is 1. The minimum absolute atomic E-state index is 0.178. The normalized spacial score (nSPS) is 11.8. The highest BCUT2D eigenvalue weighted by Gasteiger charge is 2.14. The van der Waals surface area contributed by atoms with Crippen LogP contribution in [-0.4, -0.2) is 42.3 Å². The molecule has 0 saturated heterocycles. The Bertz CT molecular complexity index is 629. The fraction of sp³-hybridized carbons (Fsp3) is 0.316. The van der Waals surface area contributed by atoms with Crippen LogP contribution in [0.1, 0.15) is 11.1 Å². The number of carbonyl (C=O) groups excluding carboxylic acids is 1. The predicted octanol–water partition coefficient (Wildman–Crippen LogP) is 3.04. The number of hydrogen-bond acceptors (Lipinski definition) is 3. The number of nitrogens with one attached hydrogen (secondary N) is 1. The van der Waals surface area contributed by atoms with Gasteiger partial charge in [0.15, 0.2) is 0 Å². The largest absolute Gasteiger partial charge is 0.389 e. The number of aryl methyl sites for hydroxylation is 1. The summed E-state index contributed by atoms with van der Waals surface area (Å²) < 4.78 is 5.49. The standard InChI is InChI=1S/C19H24N2O3/c1-15-8-10-17(11-9-15)20-19(23)21(2)12-18(22)14-24-13-16-6-4-3-5-7-16/h3-11,18,22H,12-14H2,1-2H3,(H,20,23)/t18-/m1/s1. The third-order valence-electron chi connectivity index (χ3n) is 3.56. The Morgan fingerprint density at radius 3 is 2.50 bits per heavy atom. The van der Waals surface area contributed by atoms with E-state index in [2.05, 4.69) is 5.32 Å². The van der Waals surface area contributed by atoms with Crippen molar-refractivity contribution >= 4 is 11.7 Å². The summed E-state index contributed by atoms with van der Waals surface area (Å²) in [5, 5.41) is 12.8. The zero-order valence-corrected chi connectivity index (χ0v) is 14.1. The zero-order chi connectivity index (χ0) is 17.4. The maximum absolute atomic E-state index is 12.1. The minimum atomic E-state index is -0.734. The predicted molar refractivity (Wildman–Crippen MR) is 94.9 cm³/mol. The fourth-order valence-electron chi connectivity index (χ4n) is 2.19. The molecule has 2 N–H and O–H groups in total. The number of aliphatic hydroxyl groups excluding tert-OH is 1. The number of ether oxygens (including phenoxy) is 1. The van der Waals surface area contributed by atoms with Crippen molar-refractivity contribution in [2.24, 2.45) is 0 Å². The van der Waals surface area contributed by atoms with Gasteiger partial charge in [-0.3, -0.25) is 0 Å². The molecule has 128 valence electrons. The molecule has 0 aliphatic rings. The molecule has 2 rings (SSSR count). The van der Waals surface area contributed by atoms with Gasteiger partial charge in [0.1, 0.15) is 0 Å². The quantitative estimate of drug-likeness (QED) is 0.821. The van der Waals surface area contributed by atoms with Crippen LogP contribution in [0, 0.1) is 6.92 Å². The summed E-state index contributed by atoms with van der Waals surface area (Å²) in [4.78, 5) is 13.5. The topological polar surface area (TPSA) is 61.8 Å². The molecule has 0 aliphatic heterocycles. The molecule has 0 radical (unpaired) electrons. The third kappa shape index (κ3) is 6.02.